The van der Waals surface area contributed by atoms with Crippen molar-refractivity contribution < 1.29 is 13.9 Å². The maximum Gasteiger partial charge on any atom is 0.222 e. The van der Waals surface area contributed by atoms with Crippen molar-refractivity contribution in [3.63, 3.8) is 0 Å². The molecule has 1 aromatic heterocycles. The lowest BCUT2D eigenvalue weighted by Crippen LogP contribution is -2.49. The van der Waals surface area contributed by atoms with Gasteiger partial charge in [0.1, 0.15) is 5.75 Å². The third-order valence-corrected chi connectivity index (χ3v) is 4.48. The van der Waals surface area contributed by atoms with Crippen molar-refractivity contribution in [1.82, 2.24) is 20.0 Å². The topological polar surface area (TPSA) is 71.7 Å². The summed E-state index contributed by atoms with van der Waals surface area (Å²) in [5, 5.41) is 7.86. The molecule has 0 aliphatic carbocycles. The molecule has 0 bridgehead atoms. The quantitative estimate of drug-likeness (QED) is 0.672. The molecule has 26 heavy (non-hydrogen) atoms. The lowest BCUT2D eigenvalue weighted by atomic mass is 10.2. The Morgan fingerprint density at radius 2 is 1.92 bits per heavy atom. The monoisotopic (exact) mass is 358 g/mol. The Labute approximate surface area is 153 Å². The molecule has 0 radical (unpaired) electrons. The van der Waals surface area contributed by atoms with E-state index in [1.54, 1.807) is 6.92 Å². The lowest BCUT2D eigenvalue weighted by Gasteiger charge is -2.34. The number of carbonyl (C=O) groups excluding carboxylic acids is 1. The third kappa shape index (κ3) is 5.56. The maximum atomic E-state index is 12.3. The SMILES string of the molecule is Cc1nnc(CCN2CCN(C(=O)CCCOc3ccccc3)CC2)o1. The van der Waals surface area contributed by atoms with E-state index < -0.39 is 0 Å². The van der Waals surface area contributed by atoms with Crippen molar-refractivity contribution in [2.24, 2.45) is 0 Å². The minimum Gasteiger partial charge on any atom is -0.494 e. The third-order valence-electron chi connectivity index (χ3n) is 4.48. The van der Waals surface area contributed by atoms with E-state index in [9.17, 15) is 4.79 Å². The number of nitrogens with zero attached hydrogens (tertiary/aromatic N) is 4. The average molecular weight is 358 g/mol. The van der Waals surface area contributed by atoms with Crippen molar-refractivity contribution in [2.75, 3.05) is 39.3 Å². The van der Waals surface area contributed by atoms with Gasteiger partial charge in [0.15, 0.2) is 0 Å². The molecule has 7 nitrogen and oxygen atoms in total. The van der Waals surface area contributed by atoms with Gasteiger partial charge >= 0.3 is 0 Å². The van der Waals surface area contributed by atoms with Crippen LogP contribution >= 0.6 is 0 Å². The first-order valence-corrected chi connectivity index (χ1v) is 9.17. The molecule has 0 spiro atoms. The molecule has 1 aliphatic heterocycles. The minimum absolute atomic E-state index is 0.217. The van der Waals surface area contributed by atoms with Crippen molar-refractivity contribution in [1.29, 1.82) is 0 Å². The van der Waals surface area contributed by atoms with Gasteiger partial charge in [-0.25, -0.2) is 0 Å². The Kier molecular flexibility index (Phi) is 6.60. The van der Waals surface area contributed by atoms with Crippen molar-refractivity contribution >= 4 is 5.91 Å². The van der Waals surface area contributed by atoms with Gasteiger partial charge in [-0.15, -0.1) is 10.2 Å². The molecule has 1 saturated heterocycles. The maximum absolute atomic E-state index is 12.3. The first-order chi connectivity index (χ1) is 12.7. The van der Waals surface area contributed by atoms with Gasteiger partial charge < -0.3 is 14.1 Å². The molecule has 1 fully saturated rings. The van der Waals surface area contributed by atoms with E-state index >= 15 is 0 Å². The number of piperazine rings is 1. The van der Waals surface area contributed by atoms with Crippen molar-refractivity contribution in [3.05, 3.63) is 42.1 Å². The highest BCUT2D eigenvalue weighted by Gasteiger charge is 2.21. The highest BCUT2D eigenvalue weighted by Crippen LogP contribution is 2.10. The Hall–Kier alpha value is -2.41. The largest absolute Gasteiger partial charge is 0.494 e. The number of amides is 1. The fraction of sp³-hybridized carbons (Fsp3) is 0.526. The molecule has 140 valence electrons. The zero-order chi connectivity index (χ0) is 18.2. The number of hydrogen-bond donors (Lipinski definition) is 0. The first-order valence-electron chi connectivity index (χ1n) is 9.17. The molecule has 1 amide bonds. The Bertz CT molecular complexity index is 681. The Balaban J connectivity index is 1.29. The van der Waals surface area contributed by atoms with E-state index in [0.717, 1.165) is 51.3 Å². The van der Waals surface area contributed by atoms with Crippen LogP contribution in [0.4, 0.5) is 0 Å². The highest BCUT2D eigenvalue weighted by atomic mass is 16.5. The fourth-order valence-electron chi connectivity index (χ4n) is 3.00. The van der Waals surface area contributed by atoms with E-state index in [2.05, 4.69) is 15.1 Å². The lowest BCUT2D eigenvalue weighted by molar-refractivity contribution is -0.133. The number of benzene rings is 1. The summed E-state index contributed by atoms with van der Waals surface area (Å²) in [5.74, 6) is 2.35. The summed E-state index contributed by atoms with van der Waals surface area (Å²) in [6, 6.07) is 9.70. The van der Waals surface area contributed by atoms with E-state index in [1.165, 1.54) is 0 Å². The molecule has 1 aliphatic rings. The van der Waals surface area contributed by atoms with Gasteiger partial charge in [0.25, 0.3) is 0 Å². The number of carbonyl (C=O) groups is 1. The van der Waals surface area contributed by atoms with E-state index in [1.807, 2.05) is 35.2 Å². The van der Waals surface area contributed by atoms with E-state index in [-0.39, 0.29) is 5.91 Å². The van der Waals surface area contributed by atoms with Crippen LogP contribution in [-0.4, -0.2) is 65.2 Å². The normalized spacial score (nSPS) is 15.2. The summed E-state index contributed by atoms with van der Waals surface area (Å²) in [6.45, 7) is 6.58. The summed E-state index contributed by atoms with van der Waals surface area (Å²) < 4.78 is 11.0. The molecule has 1 aromatic carbocycles. The van der Waals surface area contributed by atoms with Gasteiger partial charge in [-0.2, -0.15) is 0 Å². The Morgan fingerprint density at radius 1 is 1.15 bits per heavy atom. The van der Waals surface area contributed by atoms with E-state index in [0.29, 0.717) is 24.8 Å². The van der Waals surface area contributed by atoms with Crippen LogP contribution in [0.15, 0.2) is 34.7 Å². The van der Waals surface area contributed by atoms with Crippen LogP contribution in [0, 0.1) is 6.92 Å². The van der Waals surface area contributed by atoms with Crippen LogP contribution in [0.5, 0.6) is 5.75 Å². The van der Waals surface area contributed by atoms with Gasteiger partial charge in [-0.3, -0.25) is 9.69 Å². The zero-order valence-electron chi connectivity index (χ0n) is 15.3. The standard InChI is InChI=1S/C19H26N4O3/c1-16-20-21-18(26-16)9-10-22-11-13-23(14-12-22)19(24)8-5-15-25-17-6-3-2-4-7-17/h2-4,6-7H,5,8-15H2,1H3. The molecule has 0 N–H and O–H groups in total. The predicted molar refractivity (Wildman–Crippen MR) is 96.9 cm³/mol. The van der Waals surface area contributed by atoms with Gasteiger partial charge in [-0.05, 0) is 18.6 Å². The minimum atomic E-state index is 0.217. The number of hydrogen-bond acceptors (Lipinski definition) is 6. The zero-order valence-corrected chi connectivity index (χ0v) is 15.3. The van der Waals surface area contributed by atoms with E-state index in [4.69, 9.17) is 9.15 Å². The van der Waals surface area contributed by atoms with Crippen LogP contribution in [0.2, 0.25) is 0 Å². The van der Waals surface area contributed by atoms with Gasteiger partial charge in [0.05, 0.1) is 6.61 Å². The van der Waals surface area contributed by atoms with Gasteiger partial charge in [-0.1, -0.05) is 18.2 Å². The molecule has 2 heterocycles. The average Bonchev–Trinajstić information content (AvgIpc) is 3.10. The molecule has 2 aromatic rings. The fourth-order valence-corrected chi connectivity index (χ4v) is 3.00. The molecular weight excluding hydrogens is 332 g/mol. The predicted octanol–water partition coefficient (Wildman–Crippen LogP) is 1.92. The molecule has 0 saturated carbocycles. The molecular formula is C19H26N4O3. The Morgan fingerprint density at radius 3 is 2.62 bits per heavy atom. The number of para-hydroxylation sites is 1. The second-order valence-corrected chi connectivity index (χ2v) is 6.45. The van der Waals surface area contributed by atoms with Gasteiger partial charge in [0, 0.05) is 52.5 Å². The molecule has 7 heteroatoms. The summed E-state index contributed by atoms with van der Waals surface area (Å²) in [5.41, 5.74) is 0. The van der Waals surface area contributed by atoms with Gasteiger partial charge in [0.2, 0.25) is 17.7 Å². The van der Waals surface area contributed by atoms with Crippen LogP contribution in [0.3, 0.4) is 0 Å². The highest BCUT2D eigenvalue weighted by molar-refractivity contribution is 5.76. The molecule has 0 unspecified atom stereocenters. The summed E-state index contributed by atoms with van der Waals surface area (Å²) >= 11 is 0. The van der Waals surface area contributed by atoms with Crippen LogP contribution < -0.4 is 4.74 Å². The summed E-state index contributed by atoms with van der Waals surface area (Å²) in [4.78, 5) is 16.6. The van der Waals surface area contributed by atoms with Crippen LogP contribution in [0.1, 0.15) is 24.6 Å². The number of aryl methyl sites for hydroxylation is 1. The van der Waals surface area contributed by atoms with Crippen molar-refractivity contribution in [3.8, 4) is 5.75 Å². The van der Waals surface area contributed by atoms with Crippen LogP contribution in [0.25, 0.3) is 0 Å². The smallest absolute Gasteiger partial charge is 0.222 e. The second-order valence-electron chi connectivity index (χ2n) is 6.45. The summed E-state index contributed by atoms with van der Waals surface area (Å²) in [7, 11) is 0. The number of aromatic nitrogens is 2. The number of ether oxygens (including phenoxy) is 1. The summed E-state index contributed by atoms with van der Waals surface area (Å²) in [6.07, 6.45) is 2.03. The molecule has 0 atom stereocenters. The number of rotatable bonds is 8. The first kappa shape index (κ1) is 18.4. The van der Waals surface area contributed by atoms with Crippen molar-refractivity contribution in [2.45, 2.75) is 26.2 Å². The second kappa shape index (κ2) is 9.33. The van der Waals surface area contributed by atoms with Crippen LogP contribution in [-0.2, 0) is 11.2 Å². The molecule has 3 rings (SSSR count).